The predicted molar refractivity (Wildman–Crippen MR) is 81.0 cm³/mol. The number of nitrogens with one attached hydrogen (secondary N) is 1. The number of nitro benzene ring substituents is 1. The van der Waals surface area contributed by atoms with E-state index in [9.17, 15) is 10.1 Å². The van der Waals surface area contributed by atoms with Gasteiger partial charge in [0.15, 0.2) is 0 Å². The van der Waals surface area contributed by atoms with Crippen molar-refractivity contribution in [2.24, 2.45) is 5.92 Å². The summed E-state index contributed by atoms with van der Waals surface area (Å²) in [5.41, 5.74) is 0.794. The topological polar surface area (TPSA) is 55.2 Å². The second-order valence-corrected chi connectivity index (χ2v) is 6.03. The zero-order valence-electron chi connectivity index (χ0n) is 11.8. The van der Waals surface area contributed by atoms with Crippen molar-refractivity contribution in [3.8, 4) is 0 Å². The Morgan fingerprint density at radius 1 is 1.40 bits per heavy atom. The summed E-state index contributed by atoms with van der Waals surface area (Å²) in [6, 6.07) is 5.10. The van der Waals surface area contributed by atoms with Crippen molar-refractivity contribution < 1.29 is 4.92 Å². The number of nitrogens with zero attached hydrogens (tertiary/aromatic N) is 1. The normalized spacial score (nSPS) is 17.9. The Balaban J connectivity index is 1.99. The molecular formula is C15H21ClN2O2. The van der Waals surface area contributed by atoms with Gasteiger partial charge in [-0.3, -0.25) is 10.1 Å². The predicted octanol–water partition coefficient (Wildman–Crippen LogP) is 4.31. The van der Waals surface area contributed by atoms with Crippen LogP contribution >= 0.6 is 11.6 Å². The van der Waals surface area contributed by atoms with E-state index in [1.807, 2.05) is 0 Å². The Kier molecular flexibility index (Phi) is 5.38. The number of hydrogen-bond donors (Lipinski definition) is 1. The van der Waals surface area contributed by atoms with Gasteiger partial charge in [0.05, 0.1) is 4.92 Å². The van der Waals surface area contributed by atoms with Crippen molar-refractivity contribution in [2.45, 2.75) is 51.6 Å². The summed E-state index contributed by atoms with van der Waals surface area (Å²) in [4.78, 5) is 10.7. The second-order valence-electron chi connectivity index (χ2n) is 5.60. The Morgan fingerprint density at radius 3 is 2.75 bits per heavy atom. The molecule has 0 spiro atoms. The minimum absolute atomic E-state index is 0.137. The van der Waals surface area contributed by atoms with Gasteiger partial charge in [-0.25, -0.2) is 0 Å². The fourth-order valence-corrected chi connectivity index (χ4v) is 3.14. The lowest BCUT2D eigenvalue weighted by Crippen LogP contribution is -2.34. The van der Waals surface area contributed by atoms with Gasteiger partial charge in [-0.1, -0.05) is 30.9 Å². The molecule has 0 radical (unpaired) electrons. The van der Waals surface area contributed by atoms with E-state index in [1.165, 1.54) is 38.2 Å². The molecule has 5 heteroatoms. The molecule has 20 heavy (non-hydrogen) atoms. The molecule has 1 aromatic carbocycles. The lowest BCUT2D eigenvalue weighted by Gasteiger charge is -2.28. The lowest BCUT2D eigenvalue weighted by atomic mass is 9.84. The molecule has 1 saturated carbocycles. The van der Waals surface area contributed by atoms with Crippen LogP contribution in [0.4, 0.5) is 5.69 Å². The van der Waals surface area contributed by atoms with Gasteiger partial charge in [-0.15, -0.1) is 0 Å². The monoisotopic (exact) mass is 296 g/mol. The van der Waals surface area contributed by atoms with Crippen LogP contribution in [-0.4, -0.2) is 11.0 Å². The fraction of sp³-hybridized carbons (Fsp3) is 0.600. The summed E-state index contributed by atoms with van der Waals surface area (Å²) in [6.07, 6.45) is 6.45. The SMILES string of the molecule is C[C@H](NCc1cc(Cl)ccc1[N+](=O)[O-])C1CCCCC1. The summed E-state index contributed by atoms with van der Waals surface area (Å²) >= 11 is 5.94. The van der Waals surface area contributed by atoms with Crippen molar-refractivity contribution in [3.63, 3.8) is 0 Å². The van der Waals surface area contributed by atoms with Gasteiger partial charge in [0, 0.05) is 29.2 Å². The van der Waals surface area contributed by atoms with Crippen LogP contribution in [0.25, 0.3) is 0 Å². The number of nitro groups is 1. The fourth-order valence-electron chi connectivity index (χ4n) is 2.95. The van der Waals surface area contributed by atoms with Gasteiger partial charge >= 0.3 is 0 Å². The molecular weight excluding hydrogens is 276 g/mol. The molecule has 0 amide bonds. The van der Waals surface area contributed by atoms with Crippen LogP contribution in [0, 0.1) is 16.0 Å². The number of halogens is 1. The average Bonchev–Trinajstić information content (AvgIpc) is 2.45. The van der Waals surface area contributed by atoms with Crippen LogP contribution in [-0.2, 0) is 6.54 Å². The Hall–Kier alpha value is -1.13. The van der Waals surface area contributed by atoms with Gasteiger partial charge in [0.25, 0.3) is 5.69 Å². The number of rotatable bonds is 5. The Bertz CT molecular complexity index is 473. The highest BCUT2D eigenvalue weighted by Gasteiger charge is 2.21. The van der Waals surface area contributed by atoms with Gasteiger partial charge in [0.2, 0.25) is 0 Å². The molecule has 0 bridgehead atoms. The summed E-state index contributed by atoms with van der Waals surface area (Å²) in [5, 5.41) is 15.0. The van der Waals surface area contributed by atoms with E-state index in [-0.39, 0.29) is 10.6 Å². The maximum Gasteiger partial charge on any atom is 0.273 e. The first-order valence-electron chi connectivity index (χ1n) is 7.24. The van der Waals surface area contributed by atoms with E-state index in [2.05, 4.69) is 12.2 Å². The highest BCUT2D eigenvalue weighted by atomic mass is 35.5. The zero-order chi connectivity index (χ0) is 14.5. The number of benzene rings is 1. The van der Waals surface area contributed by atoms with Crippen LogP contribution in [0.1, 0.15) is 44.6 Å². The third-order valence-corrected chi connectivity index (χ3v) is 4.44. The lowest BCUT2D eigenvalue weighted by molar-refractivity contribution is -0.385. The van der Waals surface area contributed by atoms with Crippen LogP contribution in [0.3, 0.4) is 0 Å². The van der Waals surface area contributed by atoms with E-state index < -0.39 is 0 Å². The smallest absolute Gasteiger partial charge is 0.273 e. The van der Waals surface area contributed by atoms with E-state index in [4.69, 9.17) is 11.6 Å². The minimum Gasteiger partial charge on any atom is -0.310 e. The highest BCUT2D eigenvalue weighted by Crippen LogP contribution is 2.27. The zero-order valence-corrected chi connectivity index (χ0v) is 12.5. The van der Waals surface area contributed by atoms with E-state index in [1.54, 1.807) is 12.1 Å². The summed E-state index contributed by atoms with van der Waals surface area (Å²) in [6.45, 7) is 2.67. The number of hydrogen-bond acceptors (Lipinski definition) is 3. The molecule has 4 nitrogen and oxygen atoms in total. The third kappa shape index (κ3) is 3.93. The van der Waals surface area contributed by atoms with Crippen LogP contribution < -0.4 is 5.32 Å². The maximum atomic E-state index is 11.0. The maximum absolute atomic E-state index is 11.0. The van der Waals surface area contributed by atoms with Gasteiger partial charge in [-0.05, 0) is 37.8 Å². The minimum atomic E-state index is -0.349. The molecule has 1 aliphatic carbocycles. The molecule has 1 atom stereocenters. The molecule has 1 aromatic rings. The van der Waals surface area contributed by atoms with Crippen molar-refractivity contribution in [1.82, 2.24) is 5.32 Å². The summed E-state index contributed by atoms with van der Waals surface area (Å²) in [5.74, 6) is 0.682. The first-order valence-corrected chi connectivity index (χ1v) is 7.62. The van der Waals surface area contributed by atoms with Crippen molar-refractivity contribution in [1.29, 1.82) is 0 Å². The van der Waals surface area contributed by atoms with E-state index in [0.29, 0.717) is 29.1 Å². The van der Waals surface area contributed by atoms with Crippen molar-refractivity contribution in [2.75, 3.05) is 0 Å². The van der Waals surface area contributed by atoms with Crippen molar-refractivity contribution in [3.05, 3.63) is 38.9 Å². The molecule has 0 aromatic heterocycles. The van der Waals surface area contributed by atoms with Gasteiger partial charge in [-0.2, -0.15) is 0 Å². The highest BCUT2D eigenvalue weighted by molar-refractivity contribution is 6.30. The van der Waals surface area contributed by atoms with Crippen LogP contribution in [0.2, 0.25) is 5.02 Å². The molecule has 1 aliphatic rings. The standard InChI is InChI=1S/C15H21ClN2O2/c1-11(12-5-3-2-4-6-12)17-10-13-9-14(16)7-8-15(13)18(19)20/h7-9,11-12,17H,2-6,10H2,1H3/t11-/m0/s1. The molecule has 2 rings (SSSR count). The van der Waals surface area contributed by atoms with Gasteiger partial charge in [0.1, 0.15) is 0 Å². The molecule has 1 fully saturated rings. The average molecular weight is 297 g/mol. The summed E-state index contributed by atoms with van der Waals surface area (Å²) in [7, 11) is 0. The first-order chi connectivity index (χ1) is 9.58. The van der Waals surface area contributed by atoms with E-state index >= 15 is 0 Å². The summed E-state index contributed by atoms with van der Waals surface area (Å²) < 4.78 is 0. The third-order valence-electron chi connectivity index (χ3n) is 4.21. The molecule has 0 unspecified atom stereocenters. The Labute approximate surface area is 124 Å². The quantitative estimate of drug-likeness (QED) is 0.651. The second kappa shape index (κ2) is 7.04. The van der Waals surface area contributed by atoms with E-state index in [0.717, 1.165) is 0 Å². The van der Waals surface area contributed by atoms with Crippen molar-refractivity contribution >= 4 is 17.3 Å². The molecule has 0 aliphatic heterocycles. The largest absolute Gasteiger partial charge is 0.310 e. The van der Waals surface area contributed by atoms with Gasteiger partial charge < -0.3 is 5.32 Å². The molecule has 110 valence electrons. The van der Waals surface area contributed by atoms with Crippen LogP contribution in [0.5, 0.6) is 0 Å². The molecule has 1 N–H and O–H groups in total. The molecule has 0 heterocycles. The van der Waals surface area contributed by atoms with Crippen LogP contribution in [0.15, 0.2) is 18.2 Å². The molecule has 0 saturated heterocycles. The Morgan fingerprint density at radius 2 is 2.10 bits per heavy atom. The first kappa shape index (κ1) is 15.3.